The van der Waals surface area contributed by atoms with Gasteiger partial charge in [-0.1, -0.05) is 97.8 Å². The first-order valence-corrected chi connectivity index (χ1v) is 11.8. The monoisotopic (exact) mass is 394 g/mol. The summed E-state index contributed by atoms with van der Waals surface area (Å²) >= 11 is 0. The van der Waals surface area contributed by atoms with Crippen molar-refractivity contribution in [2.24, 2.45) is 5.92 Å². The van der Waals surface area contributed by atoms with Crippen molar-refractivity contribution in [1.29, 1.82) is 0 Å². The smallest absolute Gasteiger partial charge is 0.303 e. The number of imidazole rings is 1. The Bertz CT molecular complexity index is 432. The van der Waals surface area contributed by atoms with Gasteiger partial charge in [-0.2, -0.15) is 0 Å². The molecule has 1 N–H and O–H groups in total. The summed E-state index contributed by atoms with van der Waals surface area (Å²) in [5.74, 6) is 0.170. The number of hydrogen-bond donors (Lipinski definition) is 1. The Labute approximate surface area is 174 Å². The number of carbonyl (C=O) groups is 1. The third-order valence-electron chi connectivity index (χ3n) is 5.32. The van der Waals surface area contributed by atoms with E-state index in [1.165, 1.54) is 77.0 Å². The van der Waals surface area contributed by atoms with Crippen molar-refractivity contribution in [1.82, 2.24) is 9.55 Å². The maximum Gasteiger partial charge on any atom is 0.303 e. The summed E-state index contributed by atoms with van der Waals surface area (Å²) in [4.78, 5) is 14.3. The predicted octanol–water partition coefficient (Wildman–Crippen LogP) is 7.48. The molecule has 164 valence electrons. The normalized spacial score (nSPS) is 11.7. The Hall–Kier alpha value is -1.32. The Morgan fingerprint density at radius 1 is 0.893 bits per heavy atom. The van der Waals surface area contributed by atoms with E-state index in [0.717, 1.165) is 25.3 Å². The maximum absolute atomic E-state index is 10.2. The highest BCUT2D eigenvalue weighted by atomic mass is 16.4. The van der Waals surface area contributed by atoms with Crippen molar-refractivity contribution in [3.63, 3.8) is 0 Å². The Balaban J connectivity index is 0.000000521. The number of rotatable bonds is 17. The van der Waals surface area contributed by atoms with E-state index in [9.17, 15) is 4.79 Å². The second kappa shape index (κ2) is 20.4. The molecule has 1 rings (SSSR count). The van der Waals surface area contributed by atoms with Gasteiger partial charge in [0, 0.05) is 25.4 Å². The zero-order valence-electron chi connectivity index (χ0n) is 18.9. The predicted molar refractivity (Wildman–Crippen MR) is 120 cm³/mol. The van der Waals surface area contributed by atoms with E-state index in [1.54, 1.807) is 0 Å². The lowest BCUT2D eigenvalue weighted by atomic mass is 9.98. The molecular weight excluding hydrogens is 348 g/mol. The van der Waals surface area contributed by atoms with Crippen LogP contribution in [0.3, 0.4) is 0 Å². The fourth-order valence-corrected chi connectivity index (χ4v) is 3.39. The molecule has 0 aromatic carbocycles. The van der Waals surface area contributed by atoms with Gasteiger partial charge in [-0.25, -0.2) is 4.98 Å². The Morgan fingerprint density at radius 3 is 1.96 bits per heavy atom. The summed E-state index contributed by atoms with van der Waals surface area (Å²) in [7, 11) is 0. The van der Waals surface area contributed by atoms with E-state index in [-0.39, 0.29) is 0 Å². The third kappa shape index (κ3) is 18.1. The number of carboxylic acids is 1. The topological polar surface area (TPSA) is 55.1 Å². The standard InChI is InChI=1S/C12H22N2.C12H24O2/c1-3-5-6-7-12(4-2)10-14-9-8-13-11-14;1-2-3-4-5-6-7-8-9-10-11-12(13)14/h8-9,11-12H,3-7,10H2,1-2H3;2-11H2,1H3,(H,13,14). The summed E-state index contributed by atoms with van der Waals surface area (Å²) < 4.78 is 2.19. The fraction of sp³-hybridized carbons (Fsp3) is 0.833. The molecule has 0 amide bonds. The van der Waals surface area contributed by atoms with Crippen LogP contribution in [0.4, 0.5) is 0 Å². The molecule has 1 aromatic heterocycles. The highest BCUT2D eigenvalue weighted by Crippen LogP contribution is 2.15. The van der Waals surface area contributed by atoms with E-state index in [4.69, 9.17) is 5.11 Å². The van der Waals surface area contributed by atoms with Gasteiger partial charge in [0.1, 0.15) is 0 Å². The van der Waals surface area contributed by atoms with Crippen molar-refractivity contribution in [3.8, 4) is 0 Å². The highest BCUT2D eigenvalue weighted by Gasteiger charge is 2.06. The second-order valence-electron chi connectivity index (χ2n) is 8.00. The van der Waals surface area contributed by atoms with Crippen molar-refractivity contribution in [3.05, 3.63) is 18.7 Å². The van der Waals surface area contributed by atoms with Crippen LogP contribution in [0.1, 0.15) is 117 Å². The van der Waals surface area contributed by atoms with Gasteiger partial charge in [-0.15, -0.1) is 0 Å². The molecule has 4 nitrogen and oxygen atoms in total. The molecule has 0 saturated heterocycles. The van der Waals surface area contributed by atoms with Gasteiger partial charge in [0.25, 0.3) is 0 Å². The second-order valence-corrected chi connectivity index (χ2v) is 8.00. The average molecular weight is 395 g/mol. The number of hydrogen-bond acceptors (Lipinski definition) is 2. The van der Waals surface area contributed by atoms with E-state index in [0.29, 0.717) is 6.42 Å². The lowest BCUT2D eigenvalue weighted by molar-refractivity contribution is -0.137. The molecule has 0 bridgehead atoms. The van der Waals surface area contributed by atoms with Gasteiger partial charge < -0.3 is 9.67 Å². The number of aromatic nitrogens is 2. The first kappa shape index (κ1) is 26.7. The summed E-state index contributed by atoms with van der Waals surface area (Å²) in [6.07, 6.45) is 24.0. The number of aliphatic carboxylic acids is 1. The SMILES string of the molecule is CCCCCC(CC)Cn1ccnc1.CCCCCCCCCCCC(=O)O. The Morgan fingerprint density at radius 2 is 1.46 bits per heavy atom. The minimum Gasteiger partial charge on any atom is -0.481 e. The van der Waals surface area contributed by atoms with Crippen LogP contribution in [0.5, 0.6) is 0 Å². The molecule has 1 heterocycles. The van der Waals surface area contributed by atoms with Gasteiger partial charge in [-0.3, -0.25) is 4.79 Å². The van der Waals surface area contributed by atoms with E-state index >= 15 is 0 Å². The van der Waals surface area contributed by atoms with Crippen LogP contribution in [-0.4, -0.2) is 20.6 Å². The molecule has 0 aliphatic carbocycles. The summed E-state index contributed by atoms with van der Waals surface area (Å²) in [5.41, 5.74) is 0. The van der Waals surface area contributed by atoms with Gasteiger partial charge in [0.05, 0.1) is 6.33 Å². The van der Waals surface area contributed by atoms with Crippen molar-refractivity contribution in [2.45, 2.75) is 124 Å². The summed E-state index contributed by atoms with van der Waals surface area (Å²) in [6.45, 7) is 7.91. The van der Waals surface area contributed by atoms with E-state index in [1.807, 2.05) is 12.5 Å². The zero-order valence-corrected chi connectivity index (χ0v) is 18.9. The lowest BCUT2D eigenvalue weighted by Gasteiger charge is -2.14. The quantitative estimate of drug-likeness (QED) is 0.279. The molecule has 1 aromatic rings. The molecule has 4 heteroatoms. The average Bonchev–Trinajstić information content (AvgIpc) is 3.19. The number of carboxylic acid groups (broad SMARTS) is 1. The van der Waals surface area contributed by atoms with Crippen LogP contribution in [0.15, 0.2) is 18.7 Å². The molecule has 1 atom stereocenters. The summed E-state index contributed by atoms with van der Waals surface area (Å²) in [5, 5.41) is 8.41. The maximum atomic E-state index is 10.2. The van der Waals surface area contributed by atoms with Gasteiger partial charge in [0.2, 0.25) is 0 Å². The van der Waals surface area contributed by atoms with Crippen LogP contribution in [0, 0.1) is 5.92 Å². The van der Waals surface area contributed by atoms with E-state index < -0.39 is 5.97 Å². The fourth-order valence-electron chi connectivity index (χ4n) is 3.39. The minimum absolute atomic E-state index is 0.343. The molecule has 1 unspecified atom stereocenters. The van der Waals surface area contributed by atoms with Crippen molar-refractivity contribution >= 4 is 5.97 Å². The molecule has 0 fully saturated rings. The number of unbranched alkanes of at least 4 members (excludes halogenated alkanes) is 10. The lowest BCUT2D eigenvalue weighted by Crippen LogP contribution is -2.08. The van der Waals surface area contributed by atoms with Crippen LogP contribution in [-0.2, 0) is 11.3 Å². The van der Waals surface area contributed by atoms with E-state index in [2.05, 4.69) is 36.5 Å². The Kier molecular flexibility index (Phi) is 19.5. The zero-order chi connectivity index (χ0) is 20.9. The van der Waals surface area contributed by atoms with Gasteiger partial charge in [0.15, 0.2) is 0 Å². The molecule has 28 heavy (non-hydrogen) atoms. The van der Waals surface area contributed by atoms with Crippen LogP contribution in [0.2, 0.25) is 0 Å². The van der Waals surface area contributed by atoms with Crippen LogP contribution < -0.4 is 0 Å². The van der Waals surface area contributed by atoms with Gasteiger partial charge in [-0.05, 0) is 18.8 Å². The van der Waals surface area contributed by atoms with Crippen LogP contribution in [0.25, 0.3) is 0 Å². The molecule has 0 radical (unpaired) electrons. The molecular formula is C24H46N2O2. The number of nitrogens with zero attached hydrogens (tertiary/aromatic N) is 2. The third-order valence-corrected chi connectivity index (χ3v) is 5.32. The summed E-state index contributed by atoms with van der Waals surface area (Å²) in [6, 6.07) is 0. The molecule has 0 aliphatic rings. The highest BCUT2D eigenvalue weighted by molar-refractivity contribution is 5.66. The minimum atomic E-state index is -0.659. The molecule has 0 aliphatic heterocycles. The first-order valence-electron chi connectivity index (χ1n) is 11.8. The van der Waals surface area contributed by atoms with Crippen LogP contribution >= 0.6 is 0 Å². The van der Waals surface area contributed by atoms with Crippen molar-refractivity contribution < 1.29 is 9.90 Å². The molecule has 0 saturated carbocycles. The largest absolute Gasteiger partial charge is 0.481 e. The van der Waals surface area contributed by atoms with Gasteiger partial charge >= 0.3 is 5.97 Å². The van der Waals surface area contributed by atoms with Crippen molar-refractivity contribution in [2.75, 3.05) is 0 Å². The molecule has 0 spiro atoms. The first-order chi connectivity index (χ1) is 13.6.